The van der Waals surface area contributed by atoms with Gasteiger partial charge >= 0.3 is 0 Å². The number of para-hydroxylation sites is 4. The third kappa shape index (κ3) is 9.51. The lowest BCUT2D eigenvalue weighted by Gasteiger charge is -2.29. The van der Waals surface area contributed by atoms with Gasteiger partial charge in [0.1, 0.15) is 0 Å². The Labute approximate surface area is 456 Å². The molecule has 0 heterocycles. The number of hydrogen-bond acceptors (Lipinski definition) is 4. The summed E-state index contributed by atoms with van der Waals surface area (Å²) in [6.07, 6.45) is 0. The van der Waals surface area contributed by atoms with Gasteiger partial charge in [-0.15, -0.1) is 0 Å². The first kappa shape index (κ1) is 47.3. The average molecular weight is 999 g/mol. The van der Waals surface area contributed by atoms with Crippen LogP contribution in [-0.4, -0.2) is 0 Å². The molecule has 0 aliphatic rings. The lowest BCUT2D eigenvalue weighted by atomic mass is 9.99. The number of anilines is 12. The SMILES string of the molecule is c1ccc(N(c2ccccc2)c2ccc(N(c3ccc(-c4ccc(-c5ccc(N(c6ccc(N(c7ccccc7)c7ccccc7)cc6)c6cccc7ccccc67)cc5)cc4)cc3)c3cccc4ccccc34)cc2)cc1. The van der Waals surface area contributed by atoms with E-state index in [1.165, 1.54) is 21.5 Å². The molecule has 370 valence electrons. The van der Waals surface area contributed by atoms with E-state index in [0.29, 0.717) is 0 Å². The van der Waals surface area contributed by atoms with E-state index in [9.17, 15) is 0 Å². The minimum Gasteiger partial charge on any atom is -0.311 e. The van der Waals surface area contributed by atoms with Crippen molar-refractivity contribution in [1.82, 2.24) is 0 Å². The zero-order chi connectivity index (χ0) is 52.0. The zero-order valence-corrected chi connectivity index (χ0v) is 43.0. The summed E-state index contributed by atoms with van der Waals surface area (Å²) in [5.74, 6) is 0. The Hall–Kier alpha value is -10.4. The van der Waals surface area contributed by atoms with Crippen molar-refractivity contribution in [1.29, 1.82) is 0 Å². The summed E-state index contributed by atoms with van der Waals surface area (Å²) in [7, 11) is 0. The van der Waals surface area contributed by atoms with Crippen LogP contribution in [0.4, 0.5) is 68.2 Å². The molecule has 0 saturated heterocycles. The van der Waals surface area contributed by atoms with Crippen LogP contribution in [0, 0.1) is 0 Å². The highest BCUT2D eigenvalue weighted by Crippen LogP contribution is 2.44. The number of nitrogens with zero attached hydrogens (tertiary/aromatic N) is 4. The summed E-state index contributed by atoms with van der Waals surface area (Å²) < 4.78 is 0. The molecule has 0 bridgehead atoms. The molecule has 4 nitrogen and oxygen atoms in total. The fourth-order valence-corrected chi connectivity index (χ4v) is 10.8. The van der Waals surface area contributed by atoms with Gasteiger partial charge in [0, 0.05) is 67.6 Å². The van der Waals surface area contributed by atoms with Gasteiger partial charge in [-0.05, 0) is 166 Å². The first-order chi connectivity index (χ1) is 38.7. The van der Waals surface area contributed by atoms with Crippen molar-refractivity contribution in [2.75, 3.05) is 19.6 Å². The number of benzene rings is 13. The highest BCUT2D eigenvalue weighted by Gasteiger charge is 2.20. The third-order valence-electron chi connectivity index (χ3n) is 14.6. The fraction of sp³-hybridized carbons (Fsp3) is 0. The largest absolute Gasteiger partial charge is 0.311 e. The van der Waals surface area contributed by atoms with Crippen LogP contribution < -0.4 is 19.6 Å². The number of rotatable bonds is 14. The summed E-state index contributed by atoms with van der Waals surface area (Å²) in [5.41, 5.74) is 17.8. The van der Waals surface area contributed by atoms with Gasteiger partial charge in [-0.3, -0.25) is 0 Å². The lowest BCUT2D eigenvalue weighted by Crippen LogP contribution is -2.12. The van der Waals surface area contributed by atoms with Crippen molar-refractivity contribution in [3.05, 3.63) is 328 Å². The first-order valence-electron chi connectivity index (χ1n) is 26.6. The summed E-state index contributed by atoms with van der Waals surface area (Å²) >= 11 is 0. The maximum absolute atomic E-state index is 2.37. The molecule has 78 heavy (non-hydrogen) atoms. The van der Waals surface area contributed by atoms with E-state index in [0.717, 1.165) is 90.5 Å². The summed E-state index contributed by atoms with van der Waals surface area (Å²) in [5, 5.41) is 4.78. The molecule has 0 spiro atoms. The first-order valence-corrected chi connectivity index (χ1v) is 26.6. The van der Waals surface area contributed by atoms with Crippen LogP contribution in [0.1, 0.15) is 0 Å². The van der Waals surface area contributed by atoms with E-state index in [1.807, 2.05) is 0 Å². The fourth-order valence-electron chi connectivity index (χ4n) is 10.8. The average Bonchev–Trinajstić information content (AvgIpc) is 3.63. The highest BCUT2D eigenvalue weighted by atomic mass is 15.2. The Bertz CT molecular complexity index is 3730. The normalized spacial score (nSPS) is 11.1. The molecule has 0 aliphatic heterocycles. The van der Waals surface area contributed by atoms with Gasteiger partial charge in [0.25, 0.3) is 0 Å². The second kappa shape index (κ2) is 21.4. The molecule has 4 heteroatoms. The summed E-state index contributed by atoms with van der Waals surface area (Å²) in [6.45, 7) is 0. The molecule has 0 unspecified atom stereocenters. The predicted octanol–water partition coefficient (Wildman–Crippen LogP) is 21.2. The Balaban J connectivity index is 0.793. The predicted molar refractivity (Wildman–Crippen MR) is 331 cm³/mol. The Morgan fingerprint density at radius 3 is 0.641 bits per heavy atom. The monoisotopic (exact) mass is 998 g/mol. The summed E-state index contributed by atoms with van der Waals surface area (Å²) in [4.78, 5) is 9.35. The van der Waals surface area contributed by atoms with Crippen molar-refractivity contribution in [2.45, 2.75) is 0 Å². The van der Waals surface area contributed by atoms with Crippen LogP contribution >= 0.6 is 0 Å². The van der Waals surface area contributed by atoms with Crippen LogP contribution in [0.5, 0.6) is 0 Å². The lowest BCUT2D eigenvalue weighted by molar-refractivity contribution is 1.26. The van der Waals surface area contributed by atoms with E-state index in [1.54, 1.807) is 0 Å². The molecule has 0 saturated carbocycles. The molecule has 0 radical (unpaired) electrons. The minimum atomic E-state index is 1.08. The van der Waals surface area contributed by atoms with Crippen LogP contribution in [0.2, 0.25) is 0 Å². The number of fused-ring (bicyclic) bond motifs is 2. The maximum atomic E-state index is 2.37. The van der Waals surface area contributed by atoms with Crippen LogP contribution in [0.3, 0.4) is 0 Å². The second-order valence-electron chi connectivity index (χ2n) is 19.4. The van der Waals surface area contributed by atoms with Gasteiger partial charge in [0.15, 0.2) is 0 Å². The van der Waals surface area contributed by atoms with E-state index >= 15 is 0 Å². The molecule has 0 amide bonds. The standard InChI is InChI=1S/C74H54N4/c1-5-23-61(24-6-1)75(62-25-7-2-8-26-62)65-47-51-69(52-48-65)77(73-33-17-21-59-19-13-15-31-71(59)73)67-43-39-57(40-44-67)55-35-37-56(38-36-55)58-41-45-68(46-42-58)78(74-34-18-22-60-20-14-16-32-72(60)74)70-53-49-66(50-54-70)76(63-27-9-3-10-28-63)64-29-11-4-12-30-64/h1-54H. The van der Waals surface area contributed by atoms with Gasteiger partial charge in [-0.1, -0.05) is 194 Å². The minimum absolute atomic E-state index is 1.08. The van der Waals surface area contributed by atoms with E-state index in [2.05, 4.69) is 347 Å². The topological polar surface area (TPSA) is 13.0 Å². The van der Waals surface area contributed by atoms with Crippen LogP contribution in [0.15, 0.2) is 328 Å². The van der Waals surface area contributed by atoms with Crippen molar-refractivity contribution in [2.24, 2.45) is 0 Å². The molecule has 13 rings (SSSR count). The molecule has 0 fully saturated rings. The molecular formula is C74H54N4. The van der Waals surface area contributed by atoms with Crippen molar-refractivity contribution >= 4 is 89.8 Å². The van der Waals surface area contributed by atoms with E-state index < -0.39 is 0 Å². The smallest absolute Gasteiger partial charge is 0.0540 e. The second-order valence-corrected chi connectivity index (χ2v) is 19.4. The Morgan fingerprint density at radius 2 is 0.346 bits per heavy atom. The Morgan fingerprint density at radius 1 is 0.141 bits per heavy atom. The van der Waals surface area contributed by atoms with Crippen molar-refractivity contribution < 1.29 is 0 Å². The summed E-state index contributed by atoms with van der Waals surface area (Å²) in [6, 6.07) is 117. The van der Waals surface area contributed by atoms with Gasteiger partial charge in [-0.2, -0.15) is 0 Å². The van der Waals surface area contributed by atoms with Crippen molar-refractivity contribution in [3.8, 4) is 22.3 Å². The quantitative estimate of drug-likeness (QED) is 0.108. The molecule has 0 aromatic heterocycles. The van der Waals surface area contributed by atoms with Gasteiger partial charge in [0.2, 0.25) is 0 Å². The van der Waals surface area contributed by atoms with Crippen molar-refractivity contribution in [3.63, 3.8) is 0 Å². The molecule has 0 atom stereocenters. The zero-order valence-electron chi connectivity index (χ0n) is 43.0. The Kier molecular flexibility index (Phi) is 13.0. The number of hydrogen-bond donors (Lipinski definition) is 0. The molecular weight excluding hydrogens is 945 g/mol. The molecule has 13 aromatic carbocycles. The molecule has 0 N–H and O–H groups in total. The third-order valence-corrected chi connectivity index (χ3v) is 14.6. The van der Waals surface area contributed by atoms with Gasteiger partial charge in [0.05, 0.1) is 11.4 Å². The van der Waals surface area contributed by atoms with E-state index in [4.69, 9.17) is 0 Å². The van der Waals surface area contributed by atoms with E-state index in [-0.39, 0.29) is 0 Å². The molecule has 0 aliphatic carbocycles. The maximum Gasteiger partial charge on any atom is 0.0540 e. The van der Waals surface area contributed by atoms with Gasteiger partial charge in [-0.25, -0.2) is 0 Å². The van der Waals surface area contributed by atoms with Gasteiger partial charge < -0.3 is 19.6 Å². The van der Waals surface area contributed by atoms with Crippen LogP contribution in [0.25, 0.3) is 43.8 Å². The highest BCUT2D eigenvalue weighted by molar-refractivity contribution is 6.01. The molecule has 13 aromatic rings. The van der Waals surface area contributed by atoms with Crippen LogP contribution in [-0.2, 0) is 0 Å².